The van der Waals surface area contributed by atoms with E-state index in [0.717, 1.165) is 20.6 Å². The first-order valence-electron chi connectivity index (χ1n) is 5.67. The summed E-state index contributed by atoms with van der Waals surface area (Å²) in [7, 11) is 0. The first-order chi connectivity index (χ1) is 9.22. The molecule has 0 N–H and O–H groups in total. The summed E-state index contributed by atoms with van der Waals surface area (Å²) in [6.07, 6.45) is 0. The average molecular weight is 367 g/mol. The van der Waals surface area contributed by atoms with Crippen LogP contribution in [0.25, 0.3) is 11.4 Å². The maximum Gasteiger partial charge on any atom is 0.205 e. The zero-order chi connectivity index (χ0) is 13.2. The van der Waals surface area contributed by atoms with Crippen molar-refractivity contribution in [1.29, 1.82) is 0 Å². The zero-order valence-electron chi connectivity index (χ0n) is 10.1. The van der Waals surface area contributed by atoms with Crippen LogP contribution in [0, 0.1) is 10.5 Å². The SMILES string of the molecule is Cc1cc(Cn2nnc(-c3ccccc3I)n2)no1. The highest BCUT2D eigenvalue weighted by molar-refractivity contribution is 14.1. The summed E-state index contributed by atoms with van der Waals surface area (Å²) < 4.78 is 6.10. The van der Waals surface area contributed by atoms with Crippen LogP contribution in [0.15, 0.2) is 34.9 Å². The quantitative estimate of drug-likeness (QED) is 0.665. The van der Waals surface area contributed by atoms with E-state index in [1.165, 1.54) is 4.80 Å². The molecule has 19 heavy (non-hydrogen) atoms. The van der Waals surface area contributed by atoms with Crippen LogP contribution in [0.4, 0.5) is 0 Å². The van der Waals surface area contributed by atoms with Crippen molar-refractivity contribution in [2.24, 2.45) is 0 Å². The van der Waals surface area contributed by atoms with Crippen molar-refractivity contribution in [1.82, 2.24) is 25.4 Å². The van der Waals surface area contributed by atoms with Crippen molar-refractivity contribution in [2.75, 3.05) is 0 Å². The molecule has 1 aromatic carbocycles. The Bertz CT molecular complexity index is 705. The van der Waals surface area contributed by atoms with Crippen molar-refractivity contribution in [3.63, 3.8) is 0 Å². The van der Waals surface area contributed by atoms with E-state index in [2.05, 4.69) is 43.2 Å². The Hall–Kier alpha value is -1.77. The molecule has 3 aromatic rings. The minimum absolute atomic E-state index is 0.452. The molecule has 6 nitrogen and oxygen atoms in total. The first-order valence-corrected chi connectivity index (χ1v) is 6.75. The van der Waals surface area contributed by atoms with E-state index in [-0.39, 0.29) is 0 Å². The van der Waals surface area contributed by atoms with Gasteiger partial charge in [0.25, 0.3) is 0 Å². The van der Waals surface area contributed by atoms with Crippen LogP contribution in [0.3, 0.4) is 0 Å². The molecule has 2 heterocycles. The van der Waals surface area contributed by atoms with Crippen LogP contribution < -0.4 is 0 Å². The lowest BCUT2D eigenvalue weighted by atomic mass is 10.2. The minimum atomic E-state index is 0.452. The summed E-state index contributed by atoms with van der Waals surface area (Å²) in [5.74, 6) is 1.39. The van der Waals surface area contributed by atoms with Crippen LogP contribution in [0.1, 0.15) is 11.5 Å². The van der Waals surface area contributed by atoms with Gasteiger partial charge in [-0.25, -0.2) is 0 Å². The van der Waals surface area contributed by atoms with Crippen molar-refractivity contribution in [2.45, 2.75) is 13.5 Å². The molecule has 2 aromatic heterocycles. The second-order valence-electron chi connectivity index (χ2n) is 4.05. The fraction of sp³-hybridized carbons (Fsp3) is 0.167. The molecule has 0 aliphatic carbocycles. The van der Waals surface area contributed by atoms with Gasteiger partial charge in [0.05, 0.1) is 0 Å². The number of aryl methyl sites for hydroxylation is 1. The summed E-state index contributed by atoms with van der Waals surface area (Å²) in [5, 5.41) is 16.4. The van der Waals surface area contributed by atoms with Gasteiger partial charge in [-0.2, -0.15) is 4.80 Å². The first kappa shape index (κ1) is 12.3. The standard InChI is InChI=1S/C12H10IN5O/c1-8-6-9(16-19-8)7-18-15-12(14-17-18)10-4-2-3-5-11(10)13/h2-6H,7H2,1H3. The number of nitrogens with zero attached hydrogens (tertiary/aromatic N) is 5. The second kappa shape index (κ2) is 5.08. The smallest absolute Gasteiger partial charge is 0.205 e. The van der Waals surface area contributed by atoms with E-state index in [9.17, 15) is 0 Å². The van der Waals surface area contributed by atoms with Gasteiger partial charge in [-0.3, -0.25) is 0 Å². The molecule has 0 unspecified atom stereocenters. The van der Waals surface area contributed by atoms with Gasteiger partial charge in [0, 0.05) is 15.2 Å². The van der Waals surface area contributed by atoms with Crippen molar-refractivity contribution < 1.29 is 4.52 Å². The van der Waals surface area contributed by atoms with Gasteiger partial charge >= 0.3 is 0 Å². The summed E-state index contributed by atoms with van der Waals surface area (Å²) in [6.45, 7) is 2.30. The fourth-order valence-corrected chi connectivity index (χ4v) is 2.33. The topological polar surface area (TPSA) is 69.6 Å². The monoisotopic (exact) mass is 367 g/mol. The van der Waals surface area contributed by atoms with Crippen LogP contribution >= 0.6 is 22.6 Å². The van der Waals surface area contributed by atoms with E-state index in [0.29, 0.717) is 12.4 Å². The highest BCUT2D eigenvalue weighted by Gasteiger charge is 2.10. The zero-order valence-corrected chi connectivity index (χ0v) is 12.3. The number of aromatic nitrogens is 5. The van der Waals surface area contributed by atoms with Crippen LogP contribution in [0.2, 0.25) is 0 Å². The van der Waals surface area contributed by atoms with Crippen LogP contribution in [-0.4, -0.2) is 25.4 Å². The van der Waals surface area contributed by atoms with E-state index < -0.39 is 0 Å². The predicted octanol–water partition coefficient (Wildman–Crippen LogP) is 2.29. The maximum atomic E-state index is 5.01. The number of benzene rings is 1. The lowest BCUT2D eigenvalue weighted by Gasteiger charge is -1.97. The molecule has 0 bridgehead atoms. The van der Waals surface area contributed by atoms with Gasteiger partial charge in [-0.15, -0.1) is 10.2 Å². The number of tetrazole rings is 1. The summed E-state index contributed by atoms with van der Waals surface area (Å²) >= 11 is 2.26. The third-order valence-electron chi connectivity index (χ3n) is 2.55. The van der Waals surface area contributed by atoms with Crippen LogP contribution in [0.5, 0.6) is 0 Å². The summed E-state index contributed by atoms with van der Waals surface area (Å²) in [6, 6.07) is 9.78. The maximum absolute atomic E-state index is 5.01. The number of rotatable bonds is 3. The Kier molecular flexibility index (Phi) is 3.28. The Labute approximate surface area is 122 Å². The molecule has 0 amide bonds. The van der Waals surface area contributed by atoms with Crippen molar-refractivity contribution >= 4 is 22.6 Å². The van der Waals surface area contributed by atoms with Crippen molar-refractivity contribution in [3.05, 3.63) is 45.4 Å². The summed E-state index contributed by atoms with van der Waals surface area (Å²) in [4.78, 5) is 1.51. The third kappa shape index (κ3) is 2.65. The van der Waals surface area contributed by atoms with Crippen molar-refractivity contribution in [3.8, 4) is 11.4 Å². The molecular weight excluding hydrogens is 357 g/mol. The van der Waals surface area contributed by atoms with E-state index in [1.54, 1.807) is 0 Å². The third-order valence-corrected chi connectivity index (χ3v) is 3.49. The molecule has 7 heteroatoms. The second-order valence-corrected chi connectivity index (χ2v) is 5.21. The van der Waals surface area contributed by atoms with Crippen LogP contribution in [-0.2, 0) is 6.54 Å². The Morgan fingerprint density at radius 3 is 2.89 bits per heavy atom. The van der Waals surface area contributed by atoms with Gasteiger partial charge in [-0.1, -0.05) is 17.3 Å². The van der Waals surface area contributed by atoms with Gasteiger partial charge < -0.3 is 4.52 Å². The molecule has 0 radical (unpaired) electrons. The van der Waals surface area contributed by atoms with E-state index in [1.807, 2.05) is 37.3 Å². The van der Waals surface area contributed by atoms with Gasteiger partial charge in [0.2, 0.25) is 5.82 Å². The molecule has 3 rings (SSSR count). The highest BCUT2D eigenvalue weighted by Crippen LogP contribution is 2.20. The molecular formula is C12H10IN5O. The number of hydrogen-bond acceptors (Lipinski definition) is 5. The lowest BCUT2D eigenvalue weighted by Crippen LogP contribution is -2.04. The number of halogens is 1. The van der Waals surface area contributed by atoms with Gasteiger partial charge in [-0.05, 0) is 46.9 Å². The van der Waals surface area contributed by atoms with E-state index in [4.69, 9.17) is 4.52 Å². The number of hydrogen-bond donors (Lipinski definition) is 0. The fourth-order valence-electron chi connectivity index (χ4n) is 1.70. The lowest BCUT2D eigenvalue weighted by molar-refractivity contribution is 0.385. The normalized spacial score (nSPS) is 10.8. The van der Waals surface area contributed by atoms with Gasteiger partial charge in [0.15, 0.2) is 0 Å². The molecule has 0 saturated heterocycles. The van der Waals surface area contributed by atoms with E-state index >= 15 is 0 Å². The molecule has 0 aliphatic heterocycles. The molecule has 0 fully saturated rings. The Balaban J connectivity index is 1.86. The molecule has 0 saturated carbocycles. The summed E-state index contributed by atoms with van der Waals surface area (Å²) in [5.41, 5.74) is 1.76. The Morgan fingerprint density at radius 1 is 1.32 bits per heavy atom. The minimum Gasteiger partial charge on any atom is -0.361 e. The highest BCUT2D eigenvalue weighted by atomic mass is 127. The molecule has 0 spiro atoms. The predicted molar refractivity (Wildman–Crippen MR) is 76.3 cm³/mol. The average Bonchev–Trinajstić information content (AvgIpc) is 3.00. The molecule has 0 atom stereocenters. The Morgan fingerprint density at radius 2 is 2.16 bits per heavy atom. The largest absolute Gasteiger partial charge is 0.361 e. The molecule has 0 aliphatic rings. The molecule has 96 valence electrons. The van der Waals surface area contributed by atoms with Gasteiger partial charge in [0.1, 0.15) is 18.0 Å².